The lowest BCUT2D eigenvalue weighted by Gasteiger charge is -2.43. The number of hydrogen-bond donors (Lipinski definition) is 0. The lowest BCUT2D eigenvalue weighted by Crippen LogP contribution is -2.55. The summed E-state index contributed by atoms with van der Waals surface area (Å²) in [5, 5.41) is 0. The van der Waals surface area contributed by atoms with Crippen LogP contribution in [0.2, 0.25) is 0 Å². The van der Waals surface area contributed by atoms with Crippen LogP contribution in [-0.4, -0.2) is 46.6 Å². The number of piperazine rings is 1. The summed E-state index contributed by atoms with van der Waals surface area (Å²) in [6.07, 6.45) is 7.33. The molecule has 1 saturated carbocycles. The van der Waals surface area contributed by atoms with Crippen LogP contribution in [0.15, 0.2) is 0 Å². The standard InChI is InChI=1S/C14H26N2/c1-14(2,3)16-10-12-8-13(16)9-15(12)11-6-4-5-7-11/h11-13H,4-10H2,1-3H3/t12-,13-/m0/s1. The van der Waals surface area contributed by atoms with Crippen LogP contribution in [0.5, 0.6) is 0 Å². The Morgan fingerprint density at radius 3 is 2.06 bits per heavy atom. The van der Waals surface area contributed by atoms with E-state index < -0.39 is 0 Å². The molecule has 2 nitrogen and oxygen atoms in total. The predicted octanol–water partition coefficient (Wildman–Crippen LogP) is 2.49. The average Bonchev–Trinajstić information content (AvgIpc) is 2.91. The van der Waals surface area contributed by atoms with Gasteiger partial charge < -0.3 is 0 Å². The Morgan fingerprint density at radius 2 is 1.56 bits per heavy atom. The first-order chi connectivity index (χ1) is 7.55. The van der Waals surface area contributed by atoms with E-state index in [0.717, 1.165) is 18.1 Å². The minimum Gasteiger partial charge on any atom is -0.295 e. The fraction of sp³-hybridized carbons (Fsp3) is 1.00. The van der Waals surface area contributed by atoms with Crippen molar-refractivity contribution >= 4 is 0 Å². The zero-order chi connectivity index (χ0) is 11.3. The molecule has 2 bridgehead atoms. The lowest BCUT2D eigenvalue weighted by molar-refractivity contribution is 0.0397. The van der Waals surface area contributed by atoms with Crippen LogP contribution < -0.4 is 0 Å². The van der Waals surface area contributed by atoms with Crippen LogP contribution in [-0.2, 0) is 0 Å². The number of likely N-dealkylation sites (tertiary alicyclic amines) is 2. The summed E-state index contributed by atoms with van der Waals surface area (Å²) in [4.78, 5) is 5.59. The summed E-state index contributed by atoms with van der Waals surface area (Å²) in [5.41, 5.74) is 0.376. The smallest absolute Gasteiger partial charge is 0.0244 e. The van der Waals surface area contributed by atoms with E-state index >= 15 is 0 Å². The van der Waals surface area contributed by atoms with Crippen LogP contribution in [0, 0.1) is 0 Å². The number of rotatable bonds is 1. The maximum Gasteiger partial charge on any atom is 0.0244 e. The van der Waals surface area contributed by atoms with Crippen molar-refractivity contribution in [2.24, 2.45) is 0 Å². The topological polar surface area (TPSA) is 6.48 Å². The first-order valence-electron chi connectivity index (χ1n) is 7.08. The van der Waals surface area contributed by atoms with Crippen molar-refractivity contribution in [2.45, 2.75) is 76.5 Å². The third-order valence-corrected chi connectivity index (χ3v) is 4.94. The highest BCUT2D eigenvalue weighted by molar-refractivity contribution is 5.05. The van der Waals surface area contributed by atoms with Gasteiger partial charge >= 0.3 is 0 Å². The summed E-state index contributed by atoms with van der Waals surface area (Å²) < 4.78 is 0. The molecule has 0 aromatic heterocycles. The number of hydrogen-bond acceptors (Lipinski definition) is 2. The lowest BCUT2D eigenvalue weighted by atomic mass is 10.0. The van der Waals surface area contributed by atoms with Gasteiger partial charge in [-0.15, -0.1) is 0 Å². The summed E-state index contributed by atoms with van der Waals surface area (Å²) in [6.45, 7) is 9.78. The van der Waals surface area contributed by atoms with Crippen molar-refractivity contribution in [1.29, 1.82) is 0 Å². The van der Waals surface area contributed by atoms with E-state index in [9.17, 15) is 0 Å². The maximum atomic E-state index is 2.85. The molecular formula is C14H26N2. The Morgan fingerprint density at radius 1 is 0.875 bits per heavy atom. The van der Waals surface area contributed by atoms with E-state index in [1.807, 2.05) is 0 Å². The van der Waals surface area contributed by atoms with E-state index in [1.165, 1.54) is 45.2 Å². The zero-order valence-corrected chi connectivity index (χ0v) is 11.1. The van der Waals surface area contributed by atoms with Gasteiger partial charge in [-0.05, 0) is 40.0 Å². The first-order valence-corrected chi connectivity index (χ1v) is 7.08. The second kappa shape index (κ2) is 3.71. The van der Waals surface area contributed by atoms with Crippen LogP contribution in [0.4, 0.5) is 0 Å². The molecule has 0 N–H and O–H groups in total. The van der Waals surface area contributed by atoms with Gasteiger partial charge in [0.25, 0.3) is 0 Å². The van der Waals surface area contributed by atoms with Crippen LogP contribution in [0.25, 0.3) is 0 Å². The molecule has 3 aliphatic rings. The van der Waals surface area contributed by atoms with Gasteiger partial charge in [0, 0.05) is 36.8 Å². The van der Waals surface area contributed by atoms with Gasteiger partial charge in [-0.25, -0.2) is 0 Å². The van der Waals surface area contributed by atoms with Gasteiger partial charge in [0.05, 0.1) is 0 Å². The van der Waals surface area contributed by atoms with Crippen LogP contribution in [0.1, 0.15) is 52.9 Å². The predicted molar refractivity (Wildman–Crippen MR) is 67.6 cm³/mol. The number of nitrogens with zero attached hydrogens (tertiary/aromatic N) is 2. The summed E-state index contributed by atoms with van der Waals surface area (Å²) in [5.74, 6) is 0. The molecule has 0 aromatic rings. The van der Waals surface area contributed by atoms with E-state index in [1.54, 1.807) is 0 Å². The Bertz CT molecular complexity index is 262. The molecule has 92 valence electrons. The third-order valence-electron chi connectivity index (χ3n) is 4.94. The van der Waals surface area contributed by atoms with Crippen molar-refractivity contribution in [3.63, 3.8) is 0 Å². The Labute approximate surface area is 100.0 Å². The van der Waals surface area contributed by atoms with Gasteiger partial charge in [-0.3, -0.25) is 9.80 Å². The monoisotopic (exact) mass is 222 g/mol. The van der Waals surface area contributed by atoms with Gasteiger partial charge in [0.1, 0.15) is 0 Å². The first kappa shape index (κ1) is 11.0. The molecule has 0 aromatic carbocycles. The highest BCUT2D eigenvalue weighted by Crippen LogP contribution is 2.39. The van der Waals surface area contributed by atoms with Gasteiger partial charge in [-0.1, -0.05) is 12.8 Å². The van der Waals surface area contributed by atoms with E-state index in [4.69, 9.17) is 0 Å². The highest BCUT2D eigenvalue weighted by Gasteiger charge is 2.48. The second-order valence-corrected chi connectivity index (χ2v) is 7.00. The minimum atomic E-state index is 0.376. The van der Waals surface area contributed by atoms with Gasteiger partial charge in [-0.2, -0.15) is 0 Å². The Balaban J connectivity index is 1.66. The summed E-state index contributed by atoms with van der Waals surface area (Å²) >= 11 is 0. The molecule has 3 rings (SSSR count). The van der Waals surface area contributed by atoms with Gasteiger partial charge in [0.2, 0.25) is 0 Å². The molecule has 2 saturated heterocycles. The quantitative estimate of drug-likeness (QED) is 0.672. The highest BCUT2D eigenvalue weighted by atomic mass is 15.4. The number of fused-ring (bicyclic) bond motifs is 2. The average molecular weight is 222 g/mol. The van der Waals surface area contributed by atoms with E-state index in [0.29, 0.717) is 5.54 Å². The van der Waals surface area contributed by atoms with Crippen LogP contribution in [0.3, 0.4) is 0 Å². The molecule has 0 unspecified atom stereocenters. The largest absolute Gasteiger partial charge is 0.295 e. The Kier molecular flexibility index (Phi) is 2.56. The summed E-state index contributed by atoms with van der Waals surface area (Å²) in [7, 11) is 0. The normalized spacial score (nSPS) is 37.7. The maximum absolute atomic E-state index is 2.85. The zero-order valence-electron chi connectivity index (χ0n) is 11.1. The third kappa shape index (κ3) is 1.70. The van der Waals surface area contributed by atoms with Crippen molar-refractivity contribution < 1.29 is 0 Å². The molecule has 16 heavy (non-hydrogen) atoms. The molecule has 2 atom stereocenters. The van der Waals surface area contributed by atoms with E-state index in [2.05, 4.69) is 30.6 Å². The van der Waals surface area contributed by atoms with Crippen molar-refractivity contribution in [3.8, 4) is 0 Å². The van der Waals surface area contributed by atoms with Gasteiger partial charge in [0.15, 0.2) is 0 Å². The molecular weight excluding hydrogens is 196 g/mol. The minimum absolute atomic E-state index is 0.376. The SMILES string of the molecule is CC(C)(C)N1C[C@@H]2C[C@H]1CN2C1CCCC1. The fourth-order valence-electron chi connectivity index (χ4n) is 4.20. The Hall–Kier alpha value is -0.0800. The molecule has 3 fully saturated rings. The van der Waals surface area contributed by atoms with E-state index in [-0.39, 0.29) is 0 Å². The fourth-order valence-corrected chi connectivity index (χ4v) is 4.20. The molecule has 1 aliphatic carbocycles. The van der Waals surface area contributed by atoms with Crippen molar-refractivity contribution in [2.75, 3.05) is 13.1 Å². The molecule has 2 heterocycles. The molecule has 2 aliphatic heterocycles. The van der Waals surface area contributed by atoms with Crippen molar-refractivity contribution in [1.82, 2.24) is 9.80 Å². The molecule has 0 radical (unpaired) electrons. The molecule has 2 heteroatoms. The van der Waals surface area contributed by atoms with Crippen molar-refractivity contribution in [3.05, 3.63) is 0 Å². The summed E-state index contributed by atoms with van der Waals surface area (Å²) in [6, 6.07) is 2.68. The second-order valence-electron chi connectivity index (χ2n) is 7.00. The van der Waals surface area contributed by atoms with Crippen LogP contribution >= 0.6 is 0 Å². The molecule has 0 amide bonds. The molecule has 0 spiro atoms.